The molecule has 1 N–H and O–H groups in total. The van der Waals surface area contributed by atoms with Gasteiger partial charge >= 0.3 is 6.55 Å². The molecule has 4 rings (SSSR count). The summed E-state index contributed by atoms with van der Waals surface area (Å²) in [5.41, 5.74) is 1.93. The average molecular weight is 466 g/mol. The van der Waals surface area contributed by atoms with Crippen LogP contribution in [0.5, 0.6) is 0 Å². The molecule has 30 heavy (non-hydrogen) atoms. The molecule has 0 spiro atoms. The van der Waals surface area contributed by atoms with Gasteiger partial charge < -0.3 is 5.32 Å². The molecule has 1 amide bonds. The monoisotopic (exact) mass is 465 g/mol. The molecule has 0 aliphatic heterocycles. The van der Waals surface area contributed by atoms with E-state index < -0.39 is 6.55 Å². The zero-order valence-corrected chi connectivity index (χ0v) is 17.9. The Balaban J connectivity index is 1.47. The summed E-state index contributed by atoms with van der Waals surface area (Å²) in [7, 11) is 0. The first kappa shape index (κ1) is 20.6. The fourth-order valence-electron chi connectivity index (χ4n) is 2.78. The second kappa shape index (κ2) is 8.58. The third-order valence-corrected chi connectivity index (χ3v) is 6.45. The van der Waals surface area contributed by atoms with Gasteiger partial charge in [0.1, 0.15) is 5.01 Å². The summed E-state index contributed by atoms with van der Waals surface area (Å²) in [6.07, 6.45) is 2.56. The van der Waals surface area contributed by atoms with Crippen molar-refractivity contribution < 1.29 is 13.6 Å². The predicted octanol–water partition coefficient (Wildman–Crippen LogP) is 5.67. The fourth-order valence-corrected chi connectivity index (χ4v) is 4.90. The lowest BCUT2D eigenvalue weighted by atomic mass is 10.2. The van der Waals surface area contributed by atoms with E-state index in [9.17, 15) is 13.6 Å². The van der Waals surface area contributed by atoms with Crippen molar-refractivity contribution in [1.29, 1.82) is 0 Å². The first-order valence-electron chi connectivity index (χ1n) is 8.70. The van der Waals surface area contributed by atoms with Gasteiger partial charge in [0, 0.05) is 23.3 Å². The maximum absolute atomic E-state index is 13.1. The van der Waals surface area contributed by atoms with Crippen LogP contribution in [-0.4, -0.2) is 25.4 Å². The summed E-state index contributed by atoms with van der Waals surface area (Å²) in [6, 6.07) is 7.36. The number of alkyl halides is 2. The number of amides is 1. The average Bonchev–Trinajstić information content (AvgIpc) is 3.42. The highest BCUT2D eigenvalue weighted by molar-refractivity contribution is 7.19. The number of anilines is 1. The van der Waals surface area contributed by atoms with Gasteiger partial charge in [0.2, 0.25) is 5.91 Å². The molecular weight excluding hydrogens is 452 g/mol. The van der Waals surface area contributed by atoms with E-state index in [0.29, 0.717) is 26.4 Å². The largest absolute Gasteiger partial charge is 0.320 e. The minimum Gasteiger partial charge on any atom is -0.302 e. The number of nitrogens with zero attached hydrogens (tertiary/aromatic N) is 4. The Morgan fingerprint density at radius 2 is 2.10 bits per heavy atom. The molecule has 0 saturated heterocycles. The maximum Gasteiger partial charge on any atom is 0.320 e. The minimum absolute atomic E-state index is 0.0561. The van der Waals surface area contributed by atoms with Gasteiger partial charge in [-0.15, -0.1) is 11.3 Å². The van der Waals surface area contributed by atoms with Gasteiger partial charge in [-0.25, -0.2) is 15.0 Å². The van der Waals surface area contributed by atoms with Crippen LogP contribution in [0.4, 0.5) is 13.9 Å². The predicted molar refractivity (Wildman–Crippen MR) is 114 cm³/mol. The fraction of sp³-hybridized carbons (Fsp3) is 0.158. The van der Waals surface area contributed by atoms with Crippen molar-refractivity contribution in [3.05, 3.63) is 58.4 Å². The van der Waals surface area contributed by atoms with Gasteiger partial charge in [-0.3, -0.25) is 9.36 Å². The molecule has 154 valence electrons. The lowest BCUT2D eigenvalue weighted by Crippen LogP contribution is -2.14. The van der Waals surface area contributed by atoms with Crippen LogP contribution in [0.15, 0.2) is 42.0 Å². The molecule has 0 unspecified atom stereocenters. The summed E-state index contributed by atoms with van der Waals surface area (Å²) in [5, 5.41) is 6.15. The number of thiazole rings is 2. The highest BCUT2D eigenvalue weighted by Gasteiger charge is 2.20. The first-order chi connectivity index (χ1) is 14.4. The molecule has 0 atom stereocenters. The second-order valence-corrected chi connectivity index (χ2v) is 8.48. The van der Waals surface area contributed by atoms with Crippen molar-refractivity contribution in [1.82, 2.24) is 19.5 Å². The maximum atomic E-state index is 13.1. The van der Waals surface area contributed by atoms with E-state index in [2.05, 4.69) is 20.3 Å². The van der Waals surface area contributed by atoms with Crippen molar-refractivity contribution >= 4 is 45.3 Å². The molecule has 0 aliphatic carbocycles. The number of halogens is 3. The third kappa shape index (κ3) is 4.25. The third-order valence-electron chi connectivity index (χ3n) is 4.12. The Morgan fingerprint density at radius 1 is 1.30 bits per heavy atom. The van der Waals surface area contributed by atoms with E-state index in [-0.39, 0.29) is 18.2 Å². The SMILES string of the molecule is Cc1nc(NC(=O)Cc2csc(-c3ccccc3Cl)n2)sc1-c1nccn1C(F)F. The van der Waals surface area contributed by atoms with E-state index >= 15 is 0 Å². The number of aromatic nitrogens is 4. The molecule has 0 saturated carbocycles. The number of aryl methyl sites for hydroxylation is 1. The van der Waals surface area contributed by atoms with Crippen molar-refractivity contribution in [3.63, 3.8) is 0 Å². The summed E-state index contributed by atoms with van der Waals surface area (Å²) >= 11 is 8.70. The molecule has 4 aromatic rings. The number of imidazole rings is 1. The summed E-state index contributed by atoms with van der Waals surface area (Å²) in [5.74, 6) is -0.187. The van der Waals surface area contributed by atoms with Crippen molar-refractivity contribution in [2.45, 2.75) is 19.9 Å². The summed E-state index contributed by atoms with van der Waals surface area (Å²) in [6.45, 7) is -1.03. The van der Waals surface area contributed by atoms with Gasteiger partial charge in [0.25, 0.3) is 0 Å². The molecule has 0 bridgehead atoms. The van der Waals surface area contributed by atoms with Crippen molar-refractivity contribution in [3.8, 4) is 21.3 Å². The highest BCUT2D eigenvalue weighted by atomic mass is 35.5. The molecule has 11 heteroatoms. The van der Waals surface area contributed by atoms with Crippen LogP contribution in [0, 0.1) is 6.92 Å². The number of rotatable bonds is 6. The molecule has 1 aromatic carbocycles. The van der Waals surface area contributed by atoms with Crippen molar-refractivity contribution in [2.24, 2.45) is 0 Å². The van der Waals surface area contributed by atoms with E-state index in [1.54, 1.807) is 18.4 Å². The Labute approximate surface area is 183 Å². The molecular formula is C19H14ClF2N5OS2. The minimum atomic E-state index is -2.71. The quantitative estimate of drug-likeness (QED) is 0.398. The normalized spacial score (nSPS) is 11.2. The van der Waals surface area contributed by atoms with Gasteiger partial charge in [0.15, 0.2) is 11.0 Å². The number of carbonyl (C=O) groups is 1. The Morgan fingerprint density at radius 3 is 2.87 bits per heavy atom. The van der Waals surface area contributed by atoms with Gasteiger partial charge in [0.05, 0.1) is 27.7 Å². The van der Waals surface area contributed by atoms with Crippen LogP contribution in [0.1, 0.15) is 17.9 Å². The van der Waals surface area contributed by atoms with Crippen LogP contribution in [-0.2, 0) is 11.2 Å². The topological polar surface area (TPSA) is 72.7 Å². The Kier molecular flexibility index (Phi) is 5.89. The second-order valence-electron chi connectivity index (χ2n) is 6.22. The number of hydrogen-bond donors (Lipinski definition) is 1. The molecule has 3 heterocycles. The zero-order valence-electron chi connectivity index (χ0n) is 15.5. The molecule has 3 aromatic heterocycles. The van der Waals surface area contributed by atoms with E-state index in [1.165, 1.54) is 23.7 Å². The lowest BCUT2D eigenvalue weighted by molar-refractivity contribution is -0.115. The molecule has 6 nitrogen and oxygen atoms in total. The standard InChI is InChI=1S/C19H14ClF2N5OS2/c1-10-15(16-23-6-7-27(16)18(21)22)30-19(24-10)26-14(28)8-11-9-29-17(25-11)12-4-2-3-5-13(12)20/h2-7,9,18H,8H2,1H3,(H,24,26,28). The highest BCUT2D eigenvalue weighted by Crippen LogP contribution is 2.34. The van der Waals surface area contributed by atoms with Gasteiger partial charge in [-0.1, -0.05) is 41.1 Å². The van der Waals surface area contributed by atoms with Crippen molar-refractivity contribution in [2.75, 3.05) is 5.32 Å². The van der Waals surface area contributed by atoms with E-state index in [4.69, 9.17) is 11.6 Å². The zero-order chi connectivity index (χ0) is 21.3. The van der Waals surface area contributed by atoms with Crippen LogP contribution >= 0.6 is 34.3 Å². The van der Waals surface area contributed by atoms with Crippen LogP contribution in [0.25, 0.3) is 21.3 Å². The van der Waals surface area contributed by atoms with Crippen LogP contribution in [0.3, 0.4) is 0 Å². The number of benzene rings is 1. The number of hydrogen-bond acceptors (Lipinski definition) is 6. The van der Waals surface area contributed by atoms with Gasteiger partial charge in [-0.2, -0.15) is 8.78 Å². The van der Waals surface area contributed by atoms with E-state index in [1.807, 2.05) is 18.2 Å². The molecule has 0 radical (unpaired) electrons. The lowest BCUT2D eigenvalue weighted by Gasteiger charge is -2.04. The smallest absolute Gasteiger partial charge is 0.302 e. The number of carbonyl (C=O) groups excluding carboxylic acids is 1. The molecule has 0 fully saturated rings. The van der Waals surface area contributed by atoms with Crippen LogP contribution < -0.4 is 5.32 Å². The van der Waals surface area contributed by atoms with E-state index in [0.717, 1.165) is 26.5 Å². The Hall–Kier alpha value is -2.69. The summed E-state index contributed by atoms with van der Waals surface area (Å²) < 4.78 is 27.0. The van der Waals surface area contributed by atoms with Crippen LogP contribution in [0.2, 0.25) is 5.02 Å². The van der Waals surface area contributed by atoms with Gasteiger partial charge in [-0.05, 0) is 13.0 Å². The number of nitrogens with one attached hydrogen (secondary N) is 1. The first-order valence-corrected chi connectivity index (χ1v) is 10.8. The molecule has 0 aliphatic rings. The Bertz CT molecular complexity index is 1200. The summed E-state index contributed by atoms with van der Waals surface area (Å²) in [4.78, 5) is 25.6.